The highest BCUT2D eigenvalue weighted by Crippen LogP contribution is 2.35. The predicted octanol–water partition coefficient (Wildman–Crippen LogP) is 6.69. The third-order valence-corrected chi connectivity index (χ3v) is 7.41. The van der Waals surface area contributed by atoms with Gasteiger partial charge in [-0.15, -0.1) is 0 Å². The van der Waals surface area contributed by atoms with Crippen LogP contribution in [0, 0.1) is 0 Å². The first-order chi connectivity index (χ1) is 16.9. The number of methoxy groups -OCH3 is 1. The van der Waals surface area contributed by atoms with Gasteiger partial charge in [-0.3, -0.25) is 19.5 Å². The molecule has 0 radical (unpaired) electrons. The smallest absolute Gasteiger partial charge is 0.290 e. The molecule has 1 fully saturated rings. The van der Waals surface area contributed by atoms with Crippen molar-refractivity contribution in [2.45, 2.75) is 33.0 Å². The van der Waals surface area contributed by atoms with E-state index in [2.05, 4.69) is 22.9 Å². The number of amides is 2. The summed E-state index contributed by atoms with van der Waals surface area (Å²) in [5.41, 5.74) is 4.42. The lowest BCUT2D eigenvalue weighted by Gasteiger charge is -2.12. The highest BCUT2D eigenvalue weighted by atomic mass is 35.5. The summed E-state index contributed by atoms with van der Waals surface area (Å²) in [6, 6.07) is 11.7. The minimum atomic E-state index is -0.369. The SMILES string of the molecule is CCCCn1c(-c2nc3cc(Cl)c(Cl)cc3n2COC)cc2cc(/C=C3\SC(=O)NC3=O)ccc21. The number of unbranched alkanes of at least 4 members (excludes halogenated alkanes) is 1. The van der Waals surface area contributed by atoms with Gasteiger partial charge in [0, 0.05) is 24.6 Å². The fourth-order valence-electron chi connectivity index (χ4n) is 4.27. The van der Waals surface area contributed by atoms with E-state index in [0.717, 1.165) is 70.2 Å². The topological polar surface area (TPSA) is 78.2 Å². The van der Waals surface area contributed by atoms with Crippen molar-refractivity contribution in [2.24, 2.45) is 0 Å². The highest BCUT2D eigenvalue weighted by Gasteiger charge is 2.25. The molecule has 1 aliphatic rings. The quantitative estimate of drug-likeness (QED) is 0.270. The molecule has 1 N–H and O–H groups in total. The monoisotopic (exact) mass is 528 g/mol. The molecular formula is C25H22Cl2N4O3S. The van der Waals surface area contributed by atoms with Crippen LogP contribution in [-0.2, 0) is 22.8 Å². The van der Waals surface area contributed by atoms with Crippen LogP contribution < -0.4 is 5.32 Å². The summed E-state index contributed by atoms with van der Waals surface area (Å²) in [5.74, 6) is 0.385. The Morgan fingerprint density at radius 2 is 1.89 bits per heavy atom. The van der Waals surface area contributed by atoms with Gasteiger partial charge in [-0.1, -0.05) is 42.6 Å². The van der Waals surface area contributed by atoms with E-state index in [0.29, 0.717) is 21.7 Å². The van der Waals surface area contributed by atoms with E-state index < -0.39 is 0 Å². The van der Waals surface area contributed by atoms with Crippen LogP contribution >= 0.6 is 35.0 Å². The molecule has 1 saturated heterocycles. The summed E-state index contributed by atoms with van der Waals surface area (Å²) in [5, 5.41) is 3.85. The van der Waals surface area contributed by atoms with Crippen molar-refractivity contribution in [3.63, 3.8) is 0 Å². The molecule has 0 aliphatic carbocycles. The standard InChI is InChI=1S/C25H22Cl2N4O3S/c1-3-4-7-30-19-6-5-14(9-22-24(32)29-25(33)35-22)8-15(19)10-21(30)23-28-18-11-16(26)17(27)12-20(18)31(23)13-34-2/h5-6,8-12H,3-4,7,13H2,1-2H3,(H,29,32,33)/b22-9-. The lowest BCUT2D eigenvalue weighted by atomic mass is 10.1. The third kappa shape index (κ3) is 4.47. The molecule has 2 aromatic heterocycles. The molecule has 0 atom stereocenters. The second-order valence-corrected chi connectivity index (χ2v) is 10.1. The van der Waals surface area contributed by atoms with Crippen LogP contribution in [0.1, 0.15) is 25.3 Å². The number of carbonyl (C=O) groups excluding carboxylic acids is 2. The summed E-state index contributed by atoms with van der Waals surface area (Å²) >= 11 is 13.5. The Hall–Kier alpha value is -2.78. The van der Waals surface area contributed by atoms with Crippen LogP contribution in [0.3, 0.4) is 0 Å². The number of nitrogens with one attached hydrogen (secondary N) is 1. The number of hydrogen-bond donors (Lipinski definition) is 1. The van der Waals surface area contributed by atoms with Gasteiger partial charge in [0.15, 0.2) is 5.82 Å². The van der Waals surface area contributed by atoms with Crippen LogP contribution in [0.25, 0.3) is 39.5 Å². The maximum atomic E-state index is 12.0. The van der Waals surface area contributed by atoms with Gasteiger partial charge in [-0.05, 0) is 60.2 Å². The van der Waals surface area contributed by atoms with E-state index in [1.54, 1.807) is 19.3 Å². The summed E-state index contributed by atoms with van der Waals surface area (Å²) in [6.45, 7) is 3.28. The maximum Gasteiger partial charge on any atom is 0.290 e. The van der Waals surface area contributed by atoms with Crippen molar-refractivity contribution in [3.8, 4) is 11.5 Å². The minimum Gasteiger partial charge on any atom is -0.364 e. The Balaban J connectivity index is 1.69. The van der Waals surface area contributed by atoms with Gasteiger partial charge in [0.2, 0.25) is 0 Å². The summed E-state index contributed by atoms with van der Waals surface area (Å²) in [4.78, 5) is 28.8. The molecule has 2 aromatic carbocycles. The number of nitrogens with zero attached hydrogens (tertiary/aromatic N) is 3. The molecule has 2 amide bonds. The van der Waals surface area contributed by atoms with Crippen molar-refractivity contribution in [1.29, 1.82) is 0 Å². The summed E-state index contributed by atoms with van der Waals surface area (Å²) < 4.78 is 9.74. The lowest BCUT2D eigenvalue weighted by Crippen LogP contribution is -2.17. The number of hydrogen-bond acceptors (Lipinski definition) is 5. The number of carbonyl (C=O) groups is 2. The predicted molar refractivity (Wildman–Crippen MR) is 142 cm³/mol. The Bertz CT molecular complexity index is 1520. The average molecular weight is 529 g/mol. The van der Waals surface area contributed by atoms with E-state index >= 15 is 0 Å². The zero-order valence-corrected chi connectivity index (χ0v) is 21.4. The highest BCUT2D eigenvalue weighted by molar-refractivity contribution is 8.18. The zero-order chi connectivity index (χ0) is 24.7. The first-order valence-corrected chi connectivity index (χ1v) is 12.7. The number of thioether (sulfide) groups is 1. The number of imide groups is 1. The van der Waals surface area contributed by atoms with E-state index in [4.69, 9.17) is 32.9 Å². The van der Waals surface area contributed by atoms with Gasteiger partial charge in [0.25, 0.3) is 11.1 Å². The van der Waals surface area contributed by atoms with Crippen LogP contribution in [0.2, 0.25) is 10.0 Å². The van der Waals surface area contributed by atoms with E-state index in [9.17, 15) is 9.59 Å². The zero-order valence-electron chi connectivity index (χ0n) is 19.1. The van der Waals surface area contributed by atoms with Crippen LogP contribution in [-0.4, -0.2) is 32.4 Å². The molecule has 180 valence electrons. The number of aryl methyl sites for hydroxylation is 1. The van der Waals surface area contributed by atoms with Crippen molar-refractivity contribution in [1.82, 2.24) is 19.4 Å². The minimum absolute atomic E-state index is 0.302. The van der Waals surface area contributed by atoms with Crippen LogP contribution in [0.4, 0.5) is 4.79 Å². The van der Waals surface area contributed by atoms with E-state index in [1.807, 2.05) is 28.8 Å². The molecule has 0 unspecified atom stereocenters. The van der Waals surface area contributed by atoms with Crippen molar-refractivity contribution < 1.29 is 14.3 Å². The van der Waals surface area contributed by atoms with Gasteiger partial charge in [-0.2, -0.15) is 0 Å². The molecule has 4 aromatic rings. The summed E-state index contributed by atoms with van der Waals surface area (Å²) in [6.07, 6.45) is 3.78. The number of aromatic nitrogens is 3. The van der Waals surface area contributed by atoms with Crippen molar-refractivity contribution in [2.75, 3.05) is 7.11 Å². The van der Waals surface area contributed by atoms with Gasteiger partial charge in [0.05, 0.1) is 31.7 Å². The molecule has 35 heavy (non-hydrogen) atoms. The molecule has 1 aliphatic heterocycles. The molecule has 0 saturated carbocycles. The second-order valence-electron chi connectivity index (χ2n) is 8.24. The van der Waals surface area contributed by atoms with Crippen LogP contribution in [0.5, 0.6) is 0 Å². The second kappa shape index (κ2) is 9.70. The molecule has 7 nitrogen and oxygen atoms in total. The number of imidazole rings is 1. The largest absolute Gasteiger partial charge is 0.364 e. The Morgan fingerprint density at radius 1 is 1.09 bits per heavy atom. The van der Waals surface area contributed by atoms with Gasteiger partial charge in [-0.25, -0.2) is 4.98 Å². The van der Waals surface area contributed by atoms with Gasteiger partial charge < -0.3 is 9.30 Å². The number of benzene rings is 2. The van der Waals surface area contributed by atoms with Crippen molar-refractivity contribution >= 4 is 74.1 Å². The number of rotatable bonds is 7. The Labute approximate surface area is 216 Å². The molecule has 0 spiro atoms. The molecular weight excluding hydrogens is 507 g/mol. The first-order valence-electron chi connectivity index (χ1n) is 11.1. The Morgan fingerprint density at radius 3 is 2.60 bits per heavy atom. The average Bonchev–Trinajstić information content (AvgIpc) is 3.45. The molecule has 0 bridgehead atoms. The number of ether oxygens (including phenoxy) is 1. The summed E-state index contributed by atoms with van der Waals surface area (Å²) in [7, 11) is 1.64. The first kappa shape index (κ1) is 23.9. The molecule has 5 rings (SSSR count). The number of fused-ring (bicyclic) bond motifs is 2. The molecule has 10 heteroatoms. The maximum absolute atomic E-state index is 12.0. The van der Waals surface area contributed by atoms with Gasteiger partial charge >= 0.3 is 0 Å². The fraction of sp³-hybridized carbons (Fsp3) is 0.240. The van der Waals surface area contributed by atoms with E-state index in [-0.39, 0.29) is 11.1 Å². The van der Waals surface area contributed by atoms with Crippen LogP contribution in [0.15, 0.2) is 41.3 Å². The van der Waals surface area contributed by atoms with Gasteiger partial charge in [0.1, 0.15) is 6.73 Å². The number of halogens is 2. The fourth-order valence-corrected chi connectivity index (χ4v) is 5.27. The Kier molecular flexibility index (Phi) is 6.63. The lowest BCUT2D eigenvalue weighted by molar-refractivity contribution is -0.115. The third-order valence-electron chi connectivity index (χ3n) is 5.88. The molecule has 3 heterocycles. The van der Waals surface area contributed by atoms with Crippen molar-refractivity contribution in [3.05, 3.63) is 56.9 Å². The normalized spacial score (nSPS) is 15.1. The van der Waals surface area contributed by atoms with E-state index in [1.165, 1.54) is 0 Å².